The number of carbonyl (C=O) groups is 1. The molecular formula is C23H31N3O2. The fourth-order valence-electron chi connectivity index (χ4n) is 3.86. The number of carbonyl (C=O) groups excluding carboxylic acids is 1. The number of amides is 1. The van der Waals surface area contributed by atoms with Gasteiger partial charge in [-0.15, -0.1) is 0 Å². The van der Waals surface area contributed by atoms with E-state index in [9.17, 15) is 9.59 Å². The molecule has 3 rings (SSSR count). The Balaban J connectivity index is 1.80. The van der Waals surface area contributed by atoms with E-state index in [0.29, 0.717) is 30.9 Å². The predicted octanol–water partition coefficient (Wildman–Crippen LogP) is 4.10. The first-order chi connectivity index (χ1) is 13.6. The molecule has 1 aliphatic rings. The lowest BCUT2D eigenvalue weighted by atomic mass is 9.96. The number of H-pyrrole nitrogens is 1. The van der Waals surface area contributed by atoms with Crippen molar-refractivity contribution in [3.05, 3.63) is 51.4 Å². The number of fused-ring (bicyclic) bond motifs is 1. The second-order valence-electron chi connectivity index (χ2n) is 7.65. The van der Waals surface area contributed by atoms with Gasteiger partial charge >= 0.3 is 0 Å². The molecule has 2 heterocycles. The van der Waals surface area contributed by atoms with Crippen LogP contribution in [0.2, 0.25) is 0 Å². The van der Waals surface area contributed by atoms with Crippen molar-refractivity contribution >= 4 is 5.91 Å². The van der Waals surface area contributed by atoms with Crippen LogP contribution in [0, 0.1) is 5.92 Å². The van der Waals surface area contributed by atoms with Crippen LogP contribution in [0.5, 0.6) is 0 Å². The van der Waals surface area contributed by atoms with Gasteiger partial charge in [0.1, 0.15) is 5.82 Å². The minimum absolute atomic E-state index is 0.0601. The third-order valence-electron chi connectivity index (χ3n) is 5.76. The van der Waals surface area contributed by atoms with Gasteiger partial charge in [0.15, 0.2) is 0 Å². The van der Waals surface area contributed by atoms with Gasteiger partial charge in [-0.3, -0.25) is 9.59 Å². The normalized spacial score (nSPS) is 14.6. The van der Waals surface area contributed by atoms with E-state index in [1.165, 1.54) is 5.56 Å². The monoisotopic (exact) mass is 381 g/mol. The van der Waals surface area contributed by atoms with Gasteiger partial charge in [-0.05, 0) is 24.8 Å². The summed E-state index contributed by atoms with van der Waals surface area (Å²) in [5.41, 5.74) is 3.51. The van der Waals surface area contributed by atoms with E-state index in [-0.39, 0.29) is 17.4 Å². The number of aromatic nitrogens is 2. The Morgan fingerprint density at radius 3 is 2.61 bits per heavy atom. The van der Waals surface area contributed by atoms with Gasteiger partial charge < -0.3 is 9.88 Å². The van der Waals surface area contributed by atoms with E-state index < -0.39 is 0 Å². The molecule has 0 unspecified atom stereocenters. The molecule has 2 aromatic rings. The van der Waals surface area contributed by atoms with Crippen molar-refractivity contribution in [1.82, 2.24) is 14.9 Å². The van der Waals surface area contributed by atoms with Crippen LogP contribution in [0.3, 0.4) is 0 Å². The summed E-state index contributed by atoms with van der Waals surface area (Å²) >= 11 is 0. The van der Waals surface area contributed by atoms with Gasteiger partial charge in [-0.2, -0.15) is 0 Å². The first-order valence-corrected chi connectivity index (χ1v) is 10.6. The second-order valence-corrected chi connectivity index (χ2v) is 7.65. The Morgan fingerprint density at radius 1 is 1.21 bits per heavy atom. The summed E-state index contributed by atoms with van der Waals surface area (Å²) in [6, 6.07) is 8.14. The first kappa shape index (κ1) is 20.3. The van der Waals surface area contributed by atoms with E-state index in [1.54, 1.807) is 0 Å². The lowest BCUT2D eigenvalue weighted by Gasteiger charge is -2.31. The standard InChI is InChI=1S/C23H31N3O2/c1-4-7-8-17(6-3)23(28)26-14-13-20-19(15-26)22(27)25-21(24-20)18-11-9-16(5-2)10-12-18/h9-12,17H,4-8,13-15H2,1-3H3,(H,24,25,27)/t17-/m1/s1. The Hall–Kier alpha value is -2.43. The highest BCUT2D eigenvalue weighted by Gasteiger charge is 2.28. The molecule has 0 saturated carbocycles. The Kier molecular flexibility index (Phi) is 6.65. The largest absolute Gasteiger partial charge is 0.337 e. The Bertz CT molecular complexity index is 870. The van der Waals surface area contributed by atoms with E-state index >= 15 is 0 Å². The Labute approximate surface area is 167 Å². The van der Waals surface area contributed by atoms with Crippen molar-refractivity contribution in [2.45, 2.75) is 65.8 Å². The topological polar surface area (TPSA) is 66.1 Å². The minimum atomic E-state index is -0.126. The highest BCUT2D eigenvalue weighted by Crippen LogP contribution is 2.22. The average molecular weight is 382 g/mol. The molecule has 1 aromatic carbocycles. The molecule has 1 atom stereocenters. The molecule has 150 valence electrons. The highest BCUT2D eigenvalue weighted by atomic mass is 16.2. The number of rotatable bonds is 7. The number of aryl methyl sites for hydroxylation is 1. The number of nitrogens with zero attached hydrogens (tertiary/aromatic N) is 2. The van der Waals surface area contributed by atoms with Crippen molar-refractivity contribution in [2.24, 2.45) is 5.92 Å². The van der Waals surface area contributed by atoms with E-state index in [1.807, 2.05) is 17.0 Å². The molecule has 0 aliphatic carbocycles. The fourth-order valence-corrected chi connectivity index (χ4v) is 3.86. The molecule has 28 heavy (non-hydrogen) atoms. The van der Waals surface area contributed by atoms with Crippen LogP contribution < -0.4 is 5.56 Å². The molecule has 0 spiro atoms. The Morgan fingerprint density at radius 2 is 1.96 bits per heavy atom. The maximum absolute atomic E-state index is 12.9. The number of nitrogens with one attached hydrogen (secondary N) is 1. The first-order valence-electron chi connectivity index (χ1n) is 10.6. The molecular weight excluding hydrogens is 350 g/mol. The van der Waals surface area contributed by atoms with Gasteiger partial charge in [-0.25, -0.2) is 4.98 Å². The van der Waals surface area contributed by atoms with Gasteiger partial charge in [-0.1, -0.05) is 57.9 Å². The SMILES string of the molecule is CCCC[C@@H](CC)C(=O)N1CCc2nc(-c3ccc(CC)cc3)[nH]c(=O)c2C1. The smallest absolute Gasteiger partial charge is 0.256 e. The summed E-state index contributed by atoms with van der Waals surface area (Å²) in [6.45, 7) is 7.34. The van der Waals surface area contributed by atoms with Crippen molar-refractivity contribution in [1.29, 1.82) is 0 Å². The number of hydrogen-bond acceptors (Lipinski definition) is 3. The molecule has 1 amide bonds. The molecule has 0 saturated heterocycles. The molecule has 0 radical (unpaired) electrons. The minimum Gasteiger partial charge on any atom is -0.337 e. The van der Waals surface area contributed by atoms with Gasteiger partial charge in [0.05, 0.1) is 17.8 Å². The van der Waals surface area contributed by atoms with Gasteiger partial charge in [0, 0.05) is 24.4 Å². The summed E-state index contributed by atoms with van der Waals surface area (Å²) in [5, 5.41) is 0. The van der Waals surface area contributed by atoms with Crippen molar-refractivity contribution < 1.29 is 4.79 Å². The molecule has 5 nitrogen and oxygen atoms in total. The molecule has 0 fully saturated rings. The van der Waals surface area contributed by atoms with Crippen molar-refractivity contribution in [3.8, 4) is 11.4 Å². The lowest BCUT2D eigenvalue weighted by Crippen LogP contribution is -2.42. The van der Waals surface area contributed by atoms with E-state index in [4.69, 9.17) is 4.98 Å². The fraction of sp³-hybridized carbons (Fsp3) is 0.522. The van der Waals surface area contributed by atoms with Crippen molar-refractivity contribution in [2.75, 3.05) is 6.54 Å². The summed E-state index contributed by atoms with van der Waals surface area (Å²) < 4.78 is 0. The molecule has 5 heteroatoms. The third kappa shape index (κ3) is 4.34. The third-order valence-corrected chi connectivity index (χ3v) is 5.76. The maximum atomic E-state index is 12.9. The number of hydrogen-bond donors (Lipinski definition) is 1. The van der Waals surface area contributed by atoms with Crippen LogP contribution in [-0.4, -0.2) is 27.3 Å². The molecule has 1 aliphatic heterocycles. The zero-order valence-corrected chi connectivity index (χ0v) is 17.3. The number of unbranched alkanes of at least 4 members (excludes halogenated alkanes) is 1. The van der Waals surface area contributed by atoms with Crippen LogP contribution in [0.25, 0.3) is 11.4 Å². The van der Waals surface area contributed by atoms with Crippen LogP contribution in [-0.2, 0) is 24.2 Å². The summed E-state index contributed by atoms with van der Waals surface area (Å²) in [7, 11) is 0. The van der Waals surface area contributed by atoms with E-state index in [2.05, 4.69) is 37.9 Å². The van der Waals surface area contributed by atoms with Crippen LogP contribution in [0.15, 0.2) is 29.1 Å². The zero-order valence-electron chi connectivity index (χ0n) is 17.3. The molecule has 1 aromatic heterocycles. The summed E-state index contributed by atoms with van der Waals surface area (Å²) in [5.74, 6) is 0.852. The van der Waals surface area contributed by atoms with E-state index in [0.717, 1.165) is 43.4 Å². The summed E-state index contributed by atoms with van der Waals surface area (Å²) in [4.78, 5) is 35.1. The molecule has 1 N–H and O–H groups in total. The number of aromatic amines is 1. The lowest BCUT2D eigenvalue weighted by molar-refractivity contribution is -0.136. The zero-order chi connectivity index (χ0) is 20.1. The quantitative estimate of drug-likeness (QED) is 0.785. The number of benzene rings is 1. The summed E-state index contributed by atoms with van der Waals surface area (Å²) in [6.07, 6.45) is 5.56. The van der Waals surface area contributed by atoms with Crippen LogP contribution in [0.4, 0.5) is 0 Å². The van der Waals surface area contributed by atoms with Gasteiger partial charge in [0.2, 0.25) is 5.91 Å². The second kappa shape index (κ2) is 9.18. The highest BCUT2D eigenvalue weighted by molar-refractivity contribution is 5.79. The average Bonchev–Trinajstić information content (AvgIpc) is 2.74. The maximum Gasteiger partial charge on any atom is 0.256 e. The molecule has 0 bridgehead atoms. The van der Waals surface area contributed by atoms with Gasteiger partial charge in [0.25, 0.3) is 5.56 Å². The van der Waals surface area contributed by atoms with Crippen LogP contribution >= 0.6 is 0 Å². The van der Waals surface area contributed by atoms with Crippen molar-refractivity contribution in [3.63, 3.8) is 0 Å². The van der Waals surface area contributed by atoms with Crippen LogP contribution in [0.1, 0.15) is 63.3 Å². The predicted molar refractivity (Wildman–Crippen MR) is 112 cm³/mol.